The van der Waals surface area contributed by atoms with Crippen molar-refractivity contribution in [2.24, 2.45) is 5.73 Å². The molecule has 0 spiro atoms. The summed E-state index contributed by atoms with van der Waals surface area (Å²) < 4.78 is 153. The topological polar surface area (TPSA) is 97.5 Å². The van der Waals surface area contributed by atoms with Crippen molar-refractivity contribution in [1.82, 2.24) is 10.3 Å². The van der Waals surface area contributed by atoms with Crippen LogP contribution in [0.1, 0.15) is 16.8 Å². The van der Waals surface area contributed by atoms with Crippen molar-refractivity contribution < 1.29 is 62.9 Å². The van der Waals surface area contributed by atoms with Crippen LogP contribution in [-0.4, -0.2) is 52.5 Å². The average Bonchev–Trinajstić information content (AvgIpc) is 2.90. The highest BCUT2D eigenvalue weighted by molar-refractivity contribution is 6.30. The van der Waals surface area contributed by atoms with E-state index in [0.717, 1.165) is 18.3 Å². The molecule has 6 nitrogen and oxygen atoms in total. The second kappa shape index (κ2) is 12.4. The summed E-state index contributed by atoms with van der Waals surface area (Å²) in [5, 5.41) is 11.5. The van der Waals surface area contributed by atoms with Gasteiger partial charge in [-0.3, -0.25) is 9.78 Å². The minimum absolute atomic E-state index is 0.0752. The van der Waals surface area contributed by atoms with Gasteiger partial charge in [0.2, 0.25) is 5.91 Å². The Kier molecular flexibility index (Phi) is 9.77. The number of aliphatic hydroxyl groups is 1. The molecule has 0 saturated carbocycles. The van der Waals surface area contributed by atoms with E-state index in [0.29, 0.717) is 12.1 Å². The number of aromatic nitrogens is 1. The fourth-order valence-electron chi connectivity index (χ4n) is 4.11. The van der Waals surface area contributed by atoms with E-state index in [4.69, 9.17) is 17.3 Å². The van der Waals surface area contributed by atoms with Gasteiger partial charge >= 0.3 is 24.9 Å². The lowest BCUT2D eigenvalue weighted by Crippen LogP contribution is -2.72. The van der Waals surface area contributed by atoms with Gasteiger partial charge < -0.3 is 20.9 Å². The molecule has 0 fully saturated rings. The summed E-state index contributed by atoms with van der Waals surface area (Å²) in [6, 6.07) is 6.49. The number of hydrogen-bond acceptors (Lipinski definition) is 5. The van der Waals surface area contributed by atoms with Gasteiger partial charge in [-0.2, -0.15) is 43.9 Å². The van der Waals surface area contributed by atoms with E-state index < -0.39 is 77.2 Å². The van der Waals surface area contributed by atoms with Crippen LogP contribution in [0.2, 0.25) is 5.02 Å². The normalized spacial score (nSPS) is 15.1. The average molecular weight is 666 g/mol. The first-order chi connectivity index (χ1) is 20.1. The van der Waals surface area contributed by atoms with E-state index in [2.05, 4.69) is 9.72 Å². The molecule has 1 heterocycles. The Balaban J connectivity index is 2.34. The van der Waals surface area contributed by atoms with Crippen LogP contribution in [0.25, 0.3) is 0 Å². The Hall–Kier alpha value is -3.70. The van der Waals surface area contributed by atoms with Crippen molar-refractivity contribution in [2.75, 3.05) is 0 Å². The van der Waals surface area contributed by atoms with E-state index >= 15 is 0 Å². The number of carbonyl (C=O) groups excluding carboxylic acids is 1. The van der Waals surface area contributed by atoms with Gasteiger partial charge in [0.05, 0.1) is 10.7 Å². The zero-order valence-corrected chi connectivity index (χ0v) is 22.3. The molecule has 240 valence electrons. The Morgan fingerprint density at radius 1 is 0.955 bits per heavy atom. The summed E-state index contributed by atoms with van der Waals surface area (Å²) >= 11 is 5.85. The van der Waals surface area contributed by atoms with E-state index in [1.54, 1.807) is 0 Å². The van der Waals surface area contributed by atoms with Crippen molar-refractivity contribution in [3.05, 3.63) is 94.5 Å². The predicted octanol–water partition coefficient (Wildman–Crippen LogP) is 5.90. The number of ether oxygens (including phenoxy) is 1. The maximum absolute atomic E-state index is 14.8. The number of nitrogens with zero attached hydrogens (tertiary/aromatic N) is 1. The summed E-state index contributed by atoms with van der Waals surface area (Å²) in [6.07, 6.45) is -22.5. The number of nitrogens with two attached hydrogens (primary N) is 1. The zero-order chi connectivity index (χ0) is 33.3. The Bertz CT molecular complexity index is 1440. The lowest BCUT2D eigenvalue weighted by atomic mass is 9.79. The first kappa shape index (κ1) is 34.8. The monoisotopic (exact) mass is 665 g/mol. The van der Waals surface area contributed by atoms with Crippen LogP contribution in [0.5, 0.6) is 5.75 Å². The molecule has 0 aliphatic heterocycles. The molecular formula is C26H19ClF11N3O3. The van der Waals surface area contributed by atoms with Crippen LogP contribution in [0, 0.1) is 5.82 Å². The number of benzene rings is 2. The number of halogens is 12. The summed E-state index contributed by atoms with van der Waals surface area (Å²) in [7, 11) is 0. The van der Waals surface area contributed by atoms with Gasteiger partial charge in [0, 0.05) is 18.7 Å². The smallest absolute Gasteiger partial charge is 0.428 e. The van der Waals surface area contributed by atoms with Crippen LogP contribution in [0.15, 0.2) is 66.9 Å². The van der Waals surface area contributed by atoms with Crippen LogP contribution < -0.4 is 15.8 Å². The maximum atomic E-state index is 14.8. The maximum Gasteiger partial charge on any atom is 0.461 e. The molecule has 4 N–H and O–H groups in total. The molecule has 0 radical (unpaired) electrons. The SMILES string of the molecule is NC(C(=O)N[C@@](Cc1ccccc1)(c1cc(F)cc(OC(F)(F)C(F)F)c1)c1ccc(Cl)cn1)C(O)(C(F)(F)F)C(F)(F)F. The lowest BCUT2D eigenvalue weighted by molar-refractivity contribution is -0.371. The number of hydrogen-bond donors (Lipinski definition) is 3. The fraction of sp³-hybridized carbons (Fsp3) is 0.308. The van der Waals surface area contributed by atoms with Crippen molar-refractivity contribution in [3.63, 3.8) is 0 Å². The molecular weight excluding hydrogens is 647 g/mol. The number of pyridine rings is 1. The highest BCUT2D eigenvalue weighted by atomic mass is 35.5. The Morgan fingerprint density at radius 3 is 2.05 bits per heavy atom. The lowest BCUT2D eigenvalue weighted by Gasteiger charge is -2.40. The first-order valence-corrected chi connectivity index (χ1v) is 12.3. The van der Waals surface area contributed by atoms with E-state index in [1.807, 2.05) is 5.32 Å². The number of alkyl halides is 10. The van der Waals surface area contributed by atoms with Gasteiger partial charge in [-0.05, 0) is 35.4 Å². The minimum Gasteiger partial charge on any atom is -0.428 e. The summed E-state index contributed by atoms with van der Waals surface area (Å²) in [4.78, 5) is 17.1. The van der Waals surface area contributed by atoms with Crippen LogP contribution in [0.3, 0.4) is 0 Å². The molecule has 1 aromatic heterocycles. The number of rotatable bonds is 10. The van der Waals surface area contributed by atoms with Crippen molar-refractivity contribution in [1.29, 1.82) is 0 Å². The minimum atomic E-state index is -6.55. The third kappa shape index (κ3) is 6.99. The number of amides is 1. The van der Waals surface area contributed by atoms with Crippen LogP contribution >= 0.6 is 11.6 Å². The highest BCUT2D eigenvalue weighted by Crippen LogP contribution is 2.45. The van der Waals surface area contributed by atoms with E-state index in [1.165, 1.54) is 30.3 Å². The van der Waals surface area contributed by atoms with Crippen LogP contribution in [-0.2, 0) is 16.8 Å². The molecule has 0 aliphatic carbocycles. The van der Waals surface area contributed by atoms with Gasteiger partial charge in [0.15, 0.2) is 0 Å². The van der Waals surface area contributed by atoms with Gasteiger partial charge in [0.1, 0.15) is 23.1 Å². The molecule has 3 aromatic rings. The summed E-state index contributed by atoms with van der Waals surface area (Å²) in [5.74, 6) is -5.08. The molecule has 44 heavy (non-hydrogen) atoms. The summed E-state index contributed by atoms with van der Waals surface area (Å²) in [5.41, 5.74) is -4.39. The van der Waals surface area contributed by atoms with Crippen molar-refractivity contribution in [3.8, 4) is 5.75 Å². The third-order valence-corrected chi connectivity index (χ3v) is 6.51. The summed E-state index contributed by atoms with van der Waals surface area (Å²) in [6.45, 7) is 0. The molecule has 2 atom stereocenters. The Labute approximate surface area is 245 Å². The van der Waals surface area contributed by atoms with Crippen molar-refractivity contribution >= 4 is 17.5 Å². The van der Waals surface area contributed by atoms with E-state index in [-0.39, 0.29) is 16.7 Å². The Morgan fingerprint density at radius 2 is 1.55 bits per heavy atom. The van der Waals surface area contributed by atoms with Crippen molar-refractivity contribution in [2.45, 2.75) is 48.5 Å². The third-order valence-electron chi connectivity index (χ3n) is 6.28. The van der Waals surface area contributed by atoms with Gasteiger partial charge in [-0.25, -0.2) is 4.39 Å². The fourth-order valence-corrected chi connectivity index (χ4v) is 4.22. The quantitative estimate of drug-likeness (QED) is 0.235. The molecule has 1 amide bonds. The highest BCUT2D eigenvalue weighted by Gasteiger charge is 2.75. The van der Waals surface area contributed by atoms with Crippen LogP contribution in [0.4, 0.5) is 48.3 Å². The molecule has 2 aromatic carbocycles. The first-order valence-electron chi connectivity index (χ1n) is 11.9. The molecule has 0 bridgehead atoms. The molecule has 3 rings (SSSR count). The number of nitrogens with one attached hydrogen (secondary N) is 1. The zero-order valence-electron chi connectivity index (χ0n) is 21.5. The second-order valence-corrected chi connectivity index (χ2v) is 9.73. The number of carbonyl (C=O) groups is 1. The predicted molar refractivity (Wildman–Crippen MR) is 131 cm³/mol. The van der Waals surface area contributed by atoms with Gasteiger partial charge in [-0.1, -0.05) is 41.9 Å². The second-order valence-electron chi connectivity index (χ2n) is 9.30. The molecule has 18 heteroatoms. The molecule has 1 unspecified atom stereocenters. The largest absolute Gasteiger partial charge is 0.461 e. The van der Waals surface area contributed by atoms with E-state index in [9.17, 15) is 58.2 Å². The van der Waals surface area contributed by atoms with Gasteiger partial charge in [0.25, 0.3) is 5.60 Å². The van der Waals surface area contributed by atoms with Gasteiger partial charge in [-0.15, -0.1) is 0 Å². The molecule has 0 aliphatic rings. The standard InChI is InChI=1S/C26H19ClF11N3O3/c27-15-6-7-18(40-12-15)22(11-13-4-2-1-3-5-13,14-8-16(28)10-17(9-14)44-24(31,32)21(29)30)41-20(42)19(39)23(43,25(33,34)35)26(36,37)38/h1-10,12,19,21,43H,11,39H2,(H,41,42)/t19?,22-/m0/s1. The molecule has 0 saturated heterocycles.